The number of carbonyl (C=O) groups is 3. The van der Waals surface area contributed by atoms with Crippen LogP contribution in [0.2, 0.25) is 0 Å². The molecule has 0 aromatic heterocycles. The van der Waals surface area contributed by atoms with Gasteiger partial charge in [-0.2, -0.15) is 0 Å². The second-order valence-electron chi connectivity index (χ2n) is 6.97. The van der Waals surface area contributed by atoms with Gasteiger partial charge in [-0.25, -0.2) is 0 Å². The number of carboxylic acids is 1. The molecule has 2 atom stereocenters. The molecule has 2 heterocycles. The van der Waals surface area contributed by atoms with E-state index in [-0.39, 0.29) is 36.1 Å². The number of piperidine rings is 1. The third kappa shape index (κ3) is 3.67. The van der Waals surface area contributed by atoms with Gasteiger partial charge in [-0.3, -0.25) is 14.4 Å². The summed E-state index contributed by atoms with van der Waals surface area (Å²) in [5, 5.41) is 9.06. The van der Waals surface area contributed by atoms with Crippen LogP contribution in [0.15, 0.2) is 30.3 Å². The summed E-state index contributed by atoms with van der Waals surface area (Å²) in [6, 6.07) is 9.76. The number of rotatable bonds is 4. The van der Waals surface area contributed by atoms with Crippen molar-refractivity contribution < 1.29 is 19.5 Å². The molecule has 2 aliphatic heterocycles. The first-order valence-electron chi connectivity index (χ1n) is 8.83. The molecule has 134 valence electrons. The zero-order valence-corrected chi connectivity index (χ0v) is 14.4. The van der Waals surface area contributed by atoms with Gasteiger partial charge in [0, 0.05) is 26.1 Å². The molecule has 0 saturated carbocycles. The van der Waals surface area contributed by atoms with E-state index in [0.717, 1.165) is 5.56 Å². The van der Waals surface area contributed by atoms with E-state index in [1.807, 2.05) is 37.3 Å². The third-order valence-corrected chi connectivity index (χ3v) is 5.41. The Hall–Kier alpha value is -2.37. The van der Waals surface area contributed by atoms with Crippen molar-refractivity contribution in [3.63, 3.8) is 0 Å². The predicted molar refractivity (Wildman–Crippen MR) is 91.6 cm³/mol. The standard InChI is InChI=1S/C19H24N2O4/c1-13(14-5-3-2-4-6-14)21-12-16(11-17(21)22)18(23)20-9-7-15(8-10-20)19(24)25/h2-6,13,15-16H,7-12H2,1H3,(H,24,25). The number of hydrogen-bond acceptors (Lipinski definition) is 3. The molecular formula is C19H24N2O4. The van der Waals surface area contributed by atoms with Crippen molar-refractivity contribution in [2.45, 2.75) is 32.2 Å². The van der Waals surface area contributed by atoms with Gasteiger partial charge in [0.2, 0.25) is 11.8 Å². The Kier molecular flexibility index (Phi) is 5.06. The molecule has 0 bridgehead atoms. The molecule has 3 rings (SSSR count). The summed E-state index contributed by atoms with van der Waals surface area (Å²) in [5.74, 6) is -1.47. The van der Waals surface area contributed by atoms with Crippen LogP contribution in [0.1, 0.15) is 37.8 Å². The van der Waals surface area contributed by atoms with Crippen molar-refractivity contribution in [3.8, 4) is 0 Å². The number of likely N-dealkylation sites (tertiary alicyclic amines) is 2. The average molecular weight is 344 g/mol. The molecule has 6 heteroatoms. The first-order valence-corrected chi connectivity index (χ1v) is 8.83. The van der Waals surface area contributed by atoms with E-state index < -0.39 is 5.97 Å². The van der Waals surface area contributed by atoms with Crippen LogP contribution in [0, 0.1) is 11.8 Å². The van der Waals surface area contributed by atoms with Gasteiger partial charge in [-0.05, 0) is 25.3 Å². The van der Waals surface area contributed by atoms with E-state index in [0.29, 0.717) is 32.5 Å². The van der Waals surface area contributed by atoms with Crippen LogP contribution in [-0.4, -0.2) is 52.3 Å². The Bertz CT molecular complexity index is 653. The van der Waals surface area contributed by atoms with Gasteiger partial charge in [0.05, 0.1) is 17.9 Å². The number of carboxylic acid groups (broad SMARTS) is 1. The molecule has 0 spiro atoms. The first kappa shape index (κ1) is 17.5. The molecule has 0 aliphatic carbocycles. The lowest BCUT2D eigenvalue weighted by molar-refractivity contribution is -0.146. The van der Waals surface area contributed by atoms with E-state index in [9.17, 15) is 14.4 Å². The zero-order valence-electron chi connectivity index (χ0n) is 14.4. The maximum Gasteiger partial charge on any atom is 0.306 e. The molecule has 6 nitrogen and oxygen atoms in total. The zero-order chi connectivity index (χ0) is 18.0. The van der Waals surface area contributed by atoms with Crippen LogP contribution < -0.4 is 0 Å². The second kappa shape index (κ2) is 7.25. The SMILES string of the molecule is CC(c1ccccc1)N1CC(C(=O)N2CCC(C(=O)O)CC2)CC1=O. The lowest BCUT2D eigenvalue weighted by Crippen LogP contribution is -2.43. The number of nitrogens with zero attached hydrogens (tertiary/aromatic N) is 2. The van der Waals surface area contributed by atoms with Crippen molar-refractivity contribution in [1.29, 1.82) is 0 Å². The molecule has 0 radical (unpaired) electrons. The van der Waals surface area contributed by atoms with Crippen molar-refractivity contribution in [3.05, 3.63) is 35.9 Å². The summed E-state index contributed by atoms with van der Waals surface area (Å²) in [6.07, 6.45) is 1.23. The summed E-state index contributed by atoms with van der Waals surface area (Å²) >= 11 is 0. The highest BCUT2D eigenvalue weighted by Gasteiger charge is 2.39. The Morgan fingerprint density at radius 2 is 1.76 bits per heavy atom. The Balaban J connectivity index is 1.61. The maximum absolute atomic E-state index is 12.7. The summed E-state index contributed by atoms with van der Waals surface area (Å²) in [7, 11) is 0. The van der Waals surface area contributed by atoms with E-state index in [2.05, 4.69) is 0 Å². The van der Waals surface area contributed by atoms with Crippen LogP contribution in [0.3, 0.4) is 0 Å². The summed E-state index contributed by atoms with van der Waals surface area (Å²) in [5.41, 5.74) is 1.06. The fourth-order valence-electron chi connectivity index (χ4n) is 3.79. The lowest BCUT2D eigenvalue weighted by Gasteiger charge is -2.32. The van der Waals surface area contributed by atoms with E-state index in [4.69, 9.17) is 5.11 Å². The summed E-state index contributed by atoms with van der Waals surface area (Å²) in [6.45, 7) is 3.36. The van der Waals surface area contributed by atoms with Crippen LogP contribution in [0.25, 0.3) is 0 Å². The highest BCUT2D eigenvalue weighted by Crippen LogP contribution is 2.30. The largest absolute Gasteiger partial charge is 0.481 e. The van der Waals surface area contributed by atoms with Crippen molar-refractivity contribution in [1.82, 2.24) is 9.80 Å². The highest BCUT2D eigenvalue weighted by molar-refractivity contribution is 5.89. The van der Waals surface area contributed by atoms with Gasteiger partial charge < -0.3 is 14.9 Å². The van der Waals surface area contributed by atoms with Gasteiger partial charge >= 0.3 is 5.97 Å². The molecule has 1 N–H and O–H groups in total. The fraction of sp³-hybridized carbons (Fsp3) is 0.526. The number of carbonyl (C=O) groups excluding carboxylic acids is 2. The maximum atomic E-state index is 12.7. The smallest absolute Gasteiger partial charge is 0.306 e. The quantitative estimate of drug-likeness (QED) is 0.905. The minimum absolute atomic E-state index is 0.00938. The Morgan fingerprint density at radius 3 is 2.36 bits per heavy atom. The minimum Gasteiger partial charge on any atom is -0.481 e. The average Bonchev–Trinajstić information content (AvgIpc) is 3.03. The van der Waals surface area contributed by atoms with Crippen LogP contribution in [-0.2, 0) is 14.4 Å². The summed E-state index contributed by atoms with van der Waals surface area (Å²) in [4.78, 5) is 39.7. The van der Waals surface area contributed by atoms with Gasteiger partial charge in [-0.15, -0.1) is 0 Å². The van der Waals surface area contributed by atoms with Crippen LogP contribution >= 0.6 is 0 Å². The molecule has 25 heavy (non-hydrogen) atoms. The van der Waals surface area contributed by atoms with Crippen molar-refractivity contribution in [2.24, 2.45) is 11.8 Å². The van der Waals surface area contributed by atoms with E-state index in [1.54, 1.807) is 9.80 Å². The van der Waals surface area contributed by atoms with Gasteiger partial charge in [0.1, 0.15) is 0 Å². The molecular weight excluding hydrogens is 320 g/mol. The predicted octanol–water partition coefficient (Wildman–Crippen LogP) is 1.92. The topological polar surface area (TPSA) is 77.9 Å². The molecule has 2 saturated heterocycles. The van der Waals surface area contributed by atoms with E-state index in [1.165, 1.54) is 0 Å². The highest BCUT2D eigenvalue weighted by atomic mass is 16.4. The molecule has 1 aromatic carbocycles. The van der Waals surface area contributed by atoms with Gasteiger partial charge in [0.15, 0.2) is 0 Å². The minimum atomic E-state index is -0.786. The number of hydrogen-bond donors (Lipinski definition) is 1. The molecule has 1 aromatic rings. The van der Waals surface area contributed by atoms with Gasteiger partial charge in [0.25, 0.3) is 0 Å². The normalized spacial score (nSPS) is 22.9. The van der Waals surface area contributed by atoms with Crippen molar-refractivity contribution >= 4 is 17.8 Å². The Labute approximate surface area is 147 Å². The second-order valence-corrected chi connectivity index (χ2v) is 6.97. The molecule has 2 fully saturated rings. The van der Waals surface area contributed by atoms with Gasteiger partial charge in [-0.1, -0.05) is 30.3 Å². The number of aliphatic carboxylic acids is 1. The molecule has 2 unspecified atom stereocenters. The molecule has 2 aliphatic rings. The van der Waals surface area contributed by atoms with Crippen LogP contribution in [0.4, 0.5) is 0 Å². The fourth-order valence-corrected chi connectivity index (χ4v) is 3.79. The third-order valence-electron chi connectivity index (χ3n) is 5.41. The monoisotopic (exact) mass is 344 g/mol. The lowest BCUT2D eigenvalue weighted by atomic mass is 9.95. The van der Waals surface area contributed by atoms with E-state index >= 15 is 0 Å². The first-order chi connectivity index (χ1) is 12.0. The van der Waals surface area contributed by atoms with Crippen LogP contribution in [0.5, 0.6) is 0 Å². The number of amides is 2. The molecule has 2 amide bonds. The number of benzene rings is 1. The van der Waals surface area contributed by atoms with Crippen molar-refractivity contribution in [2.75, 3.05) is 19.6 Å². The summed E-state index contributed by atoms with van der Waals surface area (Å²) < 4.78 is 0. The Morgan fingerprint density at radius 1 is 1.12 bits per heavy atom.